The molecule has 0 saturated carbocycles. The summed E-state index contributed by atoms with van der Waals surface area (Å²) in [6.45, 7) is 7.89. The maximum atomic E-state index is 13.5. The van der Waals surface area contributed by atoms with E-state index in [1.165, 1.54) is 18.2 Å². The van der Waals surface area contributed by atoms with Gasteiger partial charge in [-0.05, 0) is 42.9 Å². The maximum absolute atomic E-state index is 13.5. The number of ether oxygens (including phenoxy) is 3. The number of hydrogen-bond donors (Lipinski definition) is 0. The van der Waals surface area contributed by atoms with Gasteiger partial charge in [-0.2, -0.15) is 0 Å². The summed E-state index contributed by atoms with van der Waals surface area (Å²) in [6.07, 6.45) is 5.19. The minimum atomic E-state index is -2.72. The zero-order valence-electron chi connectivity index (χ0n) is 26.7. The summed E-state index contributed by atoms with van der Waals surface area (Å²) in [7, 11) is -1.75. The quantitative estimate of drug-likeness (QED) is 0.200. The molecule has 33 heavy (non-hydrogen) atoms. The van der Waals surface area contributed by atoms with Crippen molar-refractivity contribution in [1.82, 2.24) is 4.90 Å². The zero-order chi connectivity index (χ0) is 30.0. The van der Waals surface area contributed by atoms with E-state index in [1.54, 1.807) is 19.0 Å². The molecule has 0 N–H and O–H groups in total. The van der Waals surface area contributed by atoms with Crippen LogP contribution in [0.15, 0.2) is 30.4 Å². The Hall–Kier alpha value is -2.34. The Morgan fingerprint density at radius 2 is 1.64 bits per heavy atom. The summed E-state index contributed by atoms with van der Waals surface area (Å²) in [6, 6.07) is 4.36. The van der Waals surface area contributed by atoms with E-state index in [2.05, 4.69) is 0 Å². The Labute approximate surface area is 208 Å². The smallest absolute Gasteiger partial charge is 0.225 e. The first-order valence-electron chi connectivity index (χ1n) is 14.4. The molecule has 6 nitrogen and oxygen atoms in total. The molecule has 1 aromatic rings. The lowest BCUT2D eigenvalue weighted by Gasteiger charge is -2.22. The van der Waals surface area contributed by atoms with Crippen molar-refractivity contribution in [3.05, 3.63) is 35.9 Å². The molecule has 1 aromatic carbocycles. The van der Waals surface area contributed by atoms with Gasteiger partial charge in [0.25, 0.3) is 0 Å². The fourth-order valence-electron chi connectivity index (χ4n) is 3.54. The predicted octanol–water partition coefficient (Wildman–Crippen LogP) is 5.26. The van der Waals surface area contributed by atoms with Crippen molar-refractivity contribution in [2.24, 2.45) is 23.7 Å². The third kappa shape index (κ3) is 9.20. The van der Waals surface area contributed by atoms with Crippen molar-refractivity contribution in [2.75, 3.05) is 41.4 Å². The number of carbonyl (C=O) groups excluding carboxylic acids is 2. The van der Waals surface area contributed by atoms with E-state index in [0.717, 1.165) is 0 Å². The molecule has 6 heteroatoms. The molecule has 1 unspecified atom stereocenters. The average molecular weight is 468 g/mol. The van der Waals surface area contributed by atoms with Gasteiger partial charge in [-0.25, -0.2) is 0 Å². The first kappa shape index (κ1) is 20.1. The van der Waals surface area contributed by atoms with Gasteiger partial charge in [0.1, 0.15) is 0 Å². The summed E-state index contributed by atoms with van der Waals surface area (Å²) in [5, 5.41) is 0. The van der Waals surface area contributed by atoms with Crippen LogP contribution in [0.3, 0.4) is 0 Å². The highest BCUT2D eigenvalue weighted by molar-refractivity contribution is 5.98. The summed E-state index contributed by atoms with van der Waals surface area (Å²) in [4.78, 5) is 27.5. The molecule has 0 aliphatic heterocycles. The van der Waals surface area contributed by atoms with Crippen molar-refractivity contribution in [3.8, 4) is 11.5 Å². The van der Waals surface area contributed by atoms with Crippen molar-refractivity contribution >= 4 is 11.7 Å². The number of allylic oxidation sites excluding steroid dienone is 2. The molecule has 0 heterocycles. The van der Waals surface area contributed by atoms with Crippen LogP contribution in [0.1, 0.15) is 65.5 Å². The van der Waals surface area contributed by atoms with Crippen LogP contribution in [0.5, 0.6) is 11.5 Å². The summed E-state index contributed by atoms with van der Waals surface area (Å²) in [5.41, 5.74) is 0.344. The highest BCUT2D eigenvalue weighted by atomic mass is 16.5. The SMILES string of the molecule is [2H]C([2H])([2H])OCCCOc1cc(C(=O)C(CC=CC[C@H](C(=O)N(C)C)C(C)C)C(C)C)ccc1OC([2H])([2H])[2H]. The second-order valence-corrected chi connectivity index (χ2v) is 9.05. The number of amides is 1. The maximum Gasteiger partial charge on any atom is 0.225 e. The molecule has 0 aliphatic rings. The minimum Gasteiger partial charge on any atom is -0.493 e. The van der Waals surface area contributed by atoms with Gasteiger partial charge < -0.3 is 19.1 Å². The molecule has 0 fully saturated rings. The minimum absolute atomic E-state index is 0.0196. The van der Waals surface area contributed by atoms with Gasteiger partial charge in [0.2, 0.25) is 5.91 Å². The molecule has 0 bridgehead atoms. The third-order valence-corrected chi connectivity index (χ3v) is 5.64. The fourth-order valence-corrected chi connectivity index (χ4v) is 3.54. The Bertz CT molecular complexity index is 957. The van der Waals surface area contributed by atoms with E-state index in [9.17, 15) is 9.59 Å². The zero-order valence-corrected chi connectivity index (χ0v) is 20.7. The number of rotatable bonds is 15. The number of carbonyl (C=O) groups is 2. The Morgan fingerprint density at radius 1 is 0.970 bits per heavy atom. The van der Waals surface area contributed by atoms with Gasteiger partial charge in [0, 0.05) is 51.6 Å². The van der Waals surface area contributed by atoms with E-state index in [0.29, 0.717) is 18.4 Å². The molecule has 186 valence electrons. The summed E-state index contributed by atoms with van der Waals surface area (Å²) in [5.74, 6) is -0.315. The number of benzene rings is 1. The molecular formula is C27H43NO5. The Morgan fingerprint density at radius 3 is 2.21 bits per heavy atom. The average Bonchev–Trinajstić information content (AvgIpc) is 2.79. The normalized spacial score (nSPS) is 16.8. The largest absolute Gasteiger partial charge is 0.493 e. The highest BCUT2D eigenvalue weighted by Gasteiger charge is 2.25. The van der Waals surface area contributed by atoms with Gasteiger partial charge in [0.15, 0.2) is 17.3 Å². The molecule has 0 aromatic heterocycles. The predicted molar refractivity (Wildman–Crippen MR) is 133 cm³/mol. The van der Waals surface area contributed by atoms with Gasteiger partial charge >= 0.3 is 0 Å². The second kappa shape index (κ2) is 14.7. The third-order valence-electron chi connectivity index (χ3n) is 5.64. The lowest BCUT2D eigenvalue weighted by Crippen LogP contribution is -2.32. The number of ketones is 1. The second-order valence-electron chi connectivity index (χ2n) is 9.05. The first-order valence-corrected chi connectivity index (χ1v) is 11.4. The van der Waals surface area contributed by atoms with Crippen molar-refractivity contribution in [3.63, 3.8) is 0 Å². The van der Waals surface area contributed by atoms with Crippen molar-refractivity contribution in [1.29, 1.82) is 0 Å². The highest BCUT2D eigenvalue weighted by Crippen LogP contribution is 2.31. The van der Waals surface area contributed by atoms with Crippen LogP contribution in [0.2, 0.25) is 0 Å². The fraction of sp³-hybridized carbons (Fsp3) is 0.630. The van der Waals surface area contributed by atoms with E-state index in [4.69, 9.17) is 22.4 Å². The molecular weight excluding hydrogens is 418 g/mol. The molecule has 0 spiro atoms. The standard InChI is InChI=1S/C27H43NO5/c1-19(2)22(12-9-10-13-23(20(3)4)27(30)28(5)6)26(29)21-14-15-24(32-8)25(18-21)33-17-11-16-31-7/h9-10,14-15,18-20,22-23H,11-13,16-17H2,1-8H3/t22?,23-/m0/s1/i7D3,8D3. The van der Waals surface area contributed by atoms with Gasteiger partial charge in [0.05, 0.1) is 21.9 Å². The van der Waals surface area contributed by atoms with Crippen molar-refractivity contribution in [2.45, 2.75) is 47.0 Å². The molecule has 1 rings (SSSR count). The number of nitrogens with zero attached hydrogens (tertiary/aromatic N) is 1. The van der Waals surface area contributed by atoms with Crippen LogP contribution in [-0.4, -0.2) is 58.0 Å². The summed E-state index contributed by atoms with van der Waals surface area (Å²) >= 11 is 0. The van der Waals surface area contributed by atoms with Crippen LogP contribution in [0.4, 0.5) is 0 Å². The Kier molecular flexibility index (Phi) is 8.96. The number of Topliss-reactive ketones (excluding diaryl/α,β-unsaturated/α-hetero) is 1. The van der Waals surface area contributed by atoms with Gasteiger partial charge in [-0.3, -0.25) is 9.59 Å². The van der Waals surface area contributed by atoms with Crippen LogP contribution < -0.4 is 9.47 Å². The lowest BCUT2D eigenvalue weighted by molar-refractivity contribution is -0.134. The Balaban J connectivity index is 3.04. The molecule has 1 amide bonds. The van der Waals surface area contributed by atoms with Crippen molar-refractivity contribution < 1.29 is 32.0 Å². The summed E-state index contributed by atoms with van der Waals surface area (Å²) < 4.78 is 58.9. The van der Waals surface area contributed by atoms with E-state index in [1.807, 2.05) is 39.8 Å². The molecule has 0 aliphatic carbocycles. The van der Waals surface area contributed by atoms with E-state index >= 15 is 0 Å². The van der Waals surface area contributed by atoms with Gasteiger partial charge in [-0.15, -0.1) is 0 Å². The number of methoxy groups -OCH3 is 2. The van der Waals surface area contributed by atoms with Crippen LogP contribution >= 0.6 is 0 Å². The first-order chi connectivity index (χ1) is 17.9. The lowest BCUT2D eigenvalue weighted by atomic mass is 9.84. The van der Waals surface area contributed by atoms with Crippen LogP contribution in [0.25, 0.3) is 0 Å². The van der Waals surface area contributed by atoms with E-state index in [-0.39, 0.29) is 66.5 Å². The molecule has 0 saturated heterocycles. The topological polar surface area (TPSA) is 65.1 Å². The van der Waals surface area contributed by atoms with Crippen LogP contribution in [-0.2, 0) is 9.53 Å². The van der Waals surface area contributed by atoms with Gasteiger partial charge in [-0.1, -0.05) is 39.8 Å². The molecule has 0 radical (unpaired) electrons. The molecule has 2 atom stereocenters. The monoisotopic (exact) mass is 467 g/mol. The van der Waals surface area contributed by atoms with Crippen LogP contribution in [0, 0.1) is 23.7 Å². The van der Waals surface area contributed by atoms with E-state index < -0.39 is 14.1 Å². The number of hydrogen-bond acceptors (Lipinski definition) is 5.